The monoisotopic (exact) mass is 287 g/mol. The van der Waals surface area contributed by atoms with Crippen LogP contribution in [-0.2, 0) is 21.3 Å². The van der Waals surface area contributed by atoms with Crippen LogP contribution >= 0.6 is 0 Å². The fraction of sp³-hybridized carbons (Fsp3) is 0.583. The highest BCUT2D eigenvalue weighted by Gasteiger charge is 2.22. The van der Waals surface area contributed by atoms with E-state index in [2.05, 4.69) is 9.71 Å². The van der Waals surface area contributed by atoms with E-state index in [9.17, 15) is 8.42 Å². The Bertz CT molecular complexity index is 485. The quantitative estimate of drug-likeness (QED) is 0.731. The Kier molecular flexibility index (Phi) is 6.36. The van der Waals surface area contributed by atoms with E-state index in [4.69, 9.17) is 10.5 Å². The van der Waals surface area contributed by atoms with Gasteiger partial charge in [-0.15, -0.1) is 0 Å². The lowest BCUT2D eigenvalue weighted by molar-refractivity contribution is 0.171. The van der Waals surface area contributed by atoms with Crippen molar-refractivity contribution >= 4 is 10.0 Å². The average molecular weight is 287 g/mol. The first-order valence-corrected chi connectivity index (χ1v) is 7.68. The van der Waals surface area contributed by atoms with Gasteiger partial charge in [0, 0.05) is 25.9 Å². The van der Waals surface area contributed by atoms with Crippen LogP contribution in [0.5, 0.6) is 0 Å². The summed E-state index contributed by atoms with van der Waals surface area (Å²) in [6, 6.07) is 2.84. The summed E-state index contributed by atoms with van der Waals surface area (Å²) in [7, 11) is -2.07. The van der Waals surface area contributed by atoms with E-state index >= 15 is 0 Å². The molecule has 0 aliphatic heterocycles. The molecule has 6 nitrogen and oxygen atoms in total. The molecule has 0 fully saturated rings. The zero-order valence-electron chi connectivity index (χ0n) is 11.3. The predicted molar refractivity (Wildman–Crippen MR) is 73.0 cm³/mol. The summed E-state index contributed by atoms with van der Waals surface area (Å²) in [6.07, 6.45) is 3.11. The summed E-state index contributed by atoms with van der Waals surface area (Å²) in [4.78, 5) is 4.12. The van der Waals surface area contributed by atoms with Crippen LogP contribution in [0.4, 0.5) is 0 Å². The van der Waals surface area contributed by atoms with Gasteiger partial charge in [-0.05, 0) is 18.6 Å². The third-order valence-corrected chi connectivity index (χ3v) is 4.25. The fourth-order valence-corrected chi connectivity index (χ4v) is 3.29. The maximum atomic E-state index is 12.3. The van der Waals surface area contributed by atoms with Crippen LogP contribution in [0.25, 0.3) is 0 Å². The van der Waals surface area contributed by atoms with E-state index in [1.54, 1.807) is 13.2 Å². The van der Waals surface area contributed by atoms with Crippen molar-refractivity contribution in [2.45, 2.75) is 37.2 Å². The Labute approximate surface area is 114 Å². The molecule has 19 heavy (non-hydrogen) atoms. The van der Waals surface area contributed by atoms with Gasteiger partial charge in [-0.1, -0.05) is 13.3 Å². The maximum Gasteiger partial charge on any atom is 0.242 e. The summed E-state index contributed by atoms with van der Waals surface area (Å²) in [6.45, 7) is 2.41. The summed E-state index contributed by atoms with van der Waals surface area (Å²) >= 11 is 0. The molecule has 0 saturated heterocycles. The number of sulfonamides is 1. The zero-order valence-corrected chi connectivity index (χ0v) is 12.1. The lowest BCUT2D eigenvalue weighted by Crippen LogP contribution is -2.38. The number of nitrogens with one attached hydrogen (secondary N) is 1. The van der Waals surface area contributed by atoms with Gasteiger partial charge in [-0.3, -0.25) is 4.98 Å². The van der Waals surface area contributed by atoms with Crippen molar-refractivity contribution < 1.29 is 13.2 Å². The molecule has 0 aromatic carbocycles. The molecule has 108 valence electrons. The van der Waals surface area contributed by atoms with Crippen molar-refractivity contribution in [3.8, 4) is 0 Å². The van der Waals surface area contributed by atoms with Crippen LogP contribution < -0.4 is 10.5 Å². The summed E-state index contributed by atoms with van der Waals surface area (Å²) < 4.78 is 32.3. The van der Waals surface area contributed by atoms with Gasteiger partial charge in [-0.25, -0.2) is 13.1 Å². The smallest absolute Gasteiger partial charge is 0.242 e. The molecule has 1 rings (SSSR count). The number of ether oxygens (including phenoxy) is 1. The largest absolute Gasteiger partial charge is 0.383 e. The van der Waals surface area contributed by atoms with Gasteiger partial charge in [-0.2, -0.15) is 0 Å². The maximum absolute atomic E-state index is 12.3. The lowest BCUT2D eigenvalue weighted by Gasteiger charge is -2.18. The van der Waals surface area contributed by atoms with E-state index in [-0.39, 0.29) is 17.5 Å². The van der Waals surface area contributed by atoms with Gasteiger partial charge in [0.15, 0.2) is 0 Å². The second-order valence-electron chi connectivity index (χ2n) is 4.21. The normalized spacial score (nSPS) is 13.4. The Morgan fingerprint density at radius 1 is 1.53 bits per heavy atom. The second kappa shape index (κ2) is 7.54. The molecule has 3 N–H and O–H groups in total. The minimum Gasteiger partial charge on any atom is -0.383 e. The van der Waals surface area contributed by atoms with E-state index in [0.717, 1.165) is 6.42 Å². The molecule has 1 unspecified atom stereocenters. The number of nitrogens with two attached hydrogens (primary N) is 1. The van der Waals surface area contributed by atoms with Crippen molar-refractivity contribution in [3.63, 3.8) is 0 Å². The van der Waals surface area contributed by atoms with Crippen LogP contribution in [0, 0.1) is 0 Å². The summed E-state index contributed by atoms with van der Waals surface area (Å²) in [5.74, 6) is 0. The van der Waals surface area contributed by atoms with Crippen molar-refractivity contribution in [2.75, 3.05) is 13.7 Å². The molecule has 1 atom stereocenters. The number of nitrogens with zero attached hydrogens (tertiary/aromatic N) is 1. The molecule has 1 heterocycles. The highest BCUT2D eigenvalue weighted by molar-refractivity contribution is 7.89. The van der Waals surface area contributed by atoms with Crippen LogP contribution in [0.1, 0.15) is 25.5 Å². The van der Waals surface area contributed by atoms with Crippen molar-refractivity contribution in [2.24, 2.45) is 5.73 Å². The number of aromatic nitrogens is 1. The molecule has 0 spiro atoms. The van der Waals surface area contributed by atoms with E-state index in [0.29, 0.717) is 18.7 Å². The van der Waals surface area contributed by atoms with Gasteiger partial charge in [0.05, 0.1) is 12.3 Å². The SMILES string of the molecule is CCCC(COC)NS(=O)(=O)c1cccnc1CN. The molecular formula is C12H21N3O3S. The predicted octanol–water partition coefficient (Wildman–Crippen LogP) is 0.634. The summed E-state index contributed by atoms with van der Waals surface area (Å²) in [5, 5.41) is 0. The molecule has 0 amide bonds. The Morgan fingerprint density at radius 3 is 2.84 bits per heavy atom. The highest BCUT2D eigenvalue weighted by atomic mass is 32.2. The fourth-order valence-electron chi connectivity index (χ4n) is 1.83. The lowest BCUT2D eigenvalue weighted by atomic mass is 10.2. The van der Waals surface area contributed by atoms with E-state index in [1.165, 1.54) is 12.3 Å². The molecule has 0 aliphatic carbocycles. The molecule has 1 aromatic heterocycles. The van der Waals surface area contributed by atoms with Crippen LogP contribution in [0.2, 0.25) is 0 Å². The third kappa shape index (κ3) is 4.54. The number of pyridine rings is 1. The molecule has 7 heteroatoms. The van der Waals surface area contributed by atoms with E-state index < -0.39 is 10.0 Å². The van der Waals surface area contributed by atoms with Gasteiger partial charge in [0.2, 0.25) is 10.0 Å². The van der Waals surface area contributed by atoms with Gasteiger partial charge in [0.1, 0.15) is 4.90 Å². The van der Waals surface area contributed by atoms with Gasteiger partial charge < -0.3 is 10.5 Å². The molecule has 0 aliphatic rings. The topological polar surface area (TPSA) is 94.3 Å². The first kappa shape index (κ1) is 16.0. The van der Waals surface area contributed by atoms with Crippen molar-refractivity contribution in [3.05, 3.63) is 24.0 Å². The molecular weight excluding hydrogens is 266 g/mol. The second-order valence-corrected chi connectivity index (χ2v) is 5.90. The van der Waals surface area contributed by atoms with Crippen LogP contribution in [-0.4, -0.2) is 33.2 Å². The van der Waals surface area contributed by atoms with Crippen molar-refractivity contribution in [1.82, 2.24) is 9.71 Å². The number of methoxy groups -OCH3 is 1. The minimum absolute atomic E-state index is 0.0831. The van der Waals surface area contributed by atoms with Crippen LogP contribution in [0.15, 0.2) is 23.2 Å². The zero-order chi connectivity index (χ0) is 14.3. The number of rotatable bonds is 8. The standard InChI is InChI=1S/C12H21N3O3S/c1-3-5-10(9-18-2)15-19(16,17)12-6-4-7-14-11(12)8-13/h4,6-7,10,15H,3,5,8-9,13H2,1-2H3. The molecule has 0 saturated carbocycles. The summed E-state index contributed by atoms with van der Waals surface area (Å²) in [5.41, 5.74) is 5.88. The number of hydrogen-bond donors (Lipinski definition) is 2. The first-order chi connectivity index (χ1) is 9.05. The first-order valence-electron chi connectivity index (χ1n) is 6.20. The highest BCUT2D eigenvalue weighted by Crippen LogP contribution is 2.13. The Hall–Kier alpha value is -1.02. The minimum atomic E-state index is -3.62. The van der Waals surface area contributed by atoms with E-state index in [1.807, 2.05) is 6.92 Å². The Balaban J connectivity index is 2.96. The van der Waals surface area contributed by atoms with Gasteiger partial charge >= 0.3 is 0 Å². The third-order valence-electron chi connectivity index (χ3n) is 2.66. The number of hydrogen-bond acceptors (Lipinski definition) is 5. The Morgan fingerprint density at radius 2 is 2.26 bits per heavy atom. The molecule has 0 bridgehead atoms. The molecule has 1 aromatic rings. The molecule has 0 radical (unpaired) electrons. The van der Waals surface area contributed by atoms with Crippen LogP contribution in [0.3, 0.4) is 0 Å². The van der Waals surface area contributed by atoms with Gasteiger partial charge in [0.25, 0.3) is 0 Å². The average Bonchev–Trinajstić information content (AvgIpc) is 2.39. The van der Waals surface area contributed by atoms with Crippen molar-refractivity contribution in [1.29, 1.82) is 0 Å².